The van der Waals surface area contributed by atoms with Crippen molar-refractivity contribution < 1.29 is 9.60 Å². The van der Waals surface area contributed by atoms with Crippen LogP contribution < -0.4 is 4.90 Å². The molecular formula is C51H35N. The molecule has 10 rings (SSSR count). The molecule has 9 aromatic rings. The lowest BCUT2D eigenvalue weighted by Gasteiger charge is -2.35. The van der Waals surface area contributed by atoms with Gasteiger partial charge >= 0.3 is 0 Å². The predicted molar refractivity (Wildman–Crippen MR) is 219 cm³/mol. The highest BCUT2D eigenvalue weighted by Gasteiger charge is 2.46. The van der Waals surface area contributed by atoms with Crippen molar-refractivity contribution in [1.82, 2.24) is 0 Å². The highest BCUT2D eigenvalue weighted by atomic mass is 15.1. The Bertz CT molecular complexity index is 3100. The summed E-state index contributed by atoms with van der Waals surface area (Å²) < 4.78 is 63.0. The van der Waals surface area contributed by atoms with Crippen molar-refractivity contribution >= 4 is 38.6 Å². The maximum Gasteiger partial charge on any atom is 0.0714 e. The van der Waals surface area contributed by atoms with E-state index in [1.54, 1.807) is 0 Å². The van der Waals surface area contributed by atoms with Gasteiger partial charge in [-0.25, -0.2) is 0 Å². The van der Waals surface area contributed by atoms with Gasteiger partial charge in [-0.15, -0.1) is 0 Å². The lowest BCUT2D eigenvalue weighted by Crippen LogP contribution is -2.28. The molecule has 0 amide bonds. The second-order valence-electron chi connectivity index (χ2n) is 13.2. The maximum atomic E-state index is 9.55. The van der Waals surface area contributed by atoms with E-state index in [1.807, 2.05) is 59.5 Å². The Morgan fingerprint density at radius 1 is 0.404 bits per heavy atom. The Morgan fingerprint density at radius 3 is 1.88 bits per heavy atom. The summed E-state index contributed by atoms with van der Waals surface area (Å²) in [7, 11) is 0. The molecule has 9 aromatic carbocycles. The first-order chi connectivity index (χ1) is 28.7. The average molecular weight is 669 g/mol. The second-order valence-corrected chi connectivity index (χ2v) is 13.2. The number of fused-ring (bicyclic) bond motifs is 5. The van der Waals surface area contributed by atoms with Gasteiger partial charge in [-0.3, -0.25) is 0 Å². The molecule has 0 atom stereocenters. The molecule has 1 aliphatic rings. The van der Waals surface area contributed by atoms with Crippen LogP contribution in [0.25, 0.3) is 43.8 Å². The zero-order valence-electron chi connectivity index (χ0n) is 35.1. The molecule has 0 aliphatic heterocycles. The van der Waals surface area contributed by atoms with Crippen molar-refractivity contribution in [3.63, 3.8) is 0 Å². The van der Waals surface area contributed by atoms with E-state index in [0.717, 1.165) is 55.3 Å². The molecular weight excluding hydrogens is 627 g/mol. The van der Waals surface area contributed by atoms with Crippen LogP contribution in [-0.2, 0) is 5.41 Å². The van der Waals surface area contributed by atoms with Crippen LogP contribution in [0.4, 0.5) is 17.1 Å². The van der Waals surface area contributed by atoms with Crippen LogP contribution in [0.3, 0.4) is 0 Å². The molecule has 1 aliphatic carbocycles. The topological polar surface area (TPSA) is 3.24 Å². The normalized spacial score (nSPS) is 14.7. The summed E-state index contributed by atoms with van der Waals surface area (Å²) in [5, 5.41) is 2.12. The smallest absolute Gasteiger partial charge is 0.0714 e. The van der Waals surface area contributed by atoms with Crippen LogP contribution in [0.15, 0.2) is 212 Å². The first-order valence-electron chi connectivity index (χ1n) is 20.9. The zero-order chi connectivity index (χ0) is 40.6. The van der Waals surface area contributed by atoms with Gasteiger partial charge in [-0.05, 0) is 97.0 Å². The molecule has 52 heavy (non-hydrogen) atoms. The van der Waals surface area contributed by atoms with Crippen molar-refractivity contribution in [1.29, 1.82) is 0 Å². The fourth-order valence-corrected chi connectivity index (χ4v) is 8.14. The molecule has 1 nitrogen and oxygen atoms in total. The number of anilines is 3. The van der Waals surface area contributed by atoms with Gasteiger partial charge in [-0.1, -0.05) is 176 Å². The third kappa shape index (κ3) is 4.71. The highest BCUT2D eigenvalue weighted by Crippen LogP contribution is 2.57. The molecule has 0 saturated heterocycles. The maximum absolute atomic E-state index is 9.55. The number of rotatable bonds is 6. The van der Waals surface area contributed by atoms with Gasteiger partial charge < -0.3 is 4.90 Å². The Hall–Kier alpha value is -6.70. The standard InChI is InChI=1S/C51H35N/c1-3-20-41(21-4-1)51(42-22-5-2-6-23-42)48-27-12-11-26-46(48)47-32-31-44(35-49(47)51)52(50-28-14-18-37-16-9-10-25-45(37)50)43-24-13-19-39(34-43)40-30-29-36-15-7-8-17-38(36)33-40/h1-35H/i9D,10D,14D,16D,18D,25D,28D. The first kappa shape index (κ1) is 23.7. The Morgan fingerprint density at radius 2 is 1.06 bits per heavy atom. The van der Waals surface area contributed by atoms with E-state index in [0.29, 0.717) is 11.4 Å². The summed E-state index contributed by atoms with van der Waals surface area (Å²) >= 11 is 0. The van der Waals surface area contributed by atoms with Crippen LogP contribution in [0.1, 0.15) is 31.8 Å². The third-order valence-corrected chi connectivity index (χ3v) is 10.4. The minimum Gasteiger partial charge on any atom is -0.310 e. The lowest BCUT2D eigenvalue weighted by atomic mass is 9.67. The van der Waals surface area contributed by atoms with Gasteiger partial charge in [0.2, 0.25) is 0 Å². The van der Waals surface area contributed by atoms with Crippen LogP contribution in [0, 0.1) is 0 Å². The van der Waals surface area contributed by atoms with Crippen LogP contribution in [-0.4, -0.2) is 0 Å². The Balaban J connectivity index is 1.31. The van der Waals surface area contributed by atoms with Gasteiger partial charge in [0.1, 0.15) is 0 Å². The minimum absolute atomic E-state index is 0.0132. The molecule has 0 bridgehead atoms. The number of hydrogen-bond donors (Lipinski definition) is 0. The Labute approximate surface area is 314 Å². The van der Waals surface area contributed by atoms with E-state index in [9.17, 15) is 2.74 Å². The summed E-state index contributed by atoms with van der Waals surface area (Å²) in [5.41, 5.74) is 8.90. The van der Waals surface area contributed by atoms with E-state index in [4.69, 9.17) is 6.85 Å². The van der Waals surface area contributed by atoms with Crippen molar-refractivity contribution in [3.8, 4) is 22.3 Å². The molecule has 0 fully saturated rings. The summed E-state index contributed by atoms with van der Waals surface area (Å²) in [4.78, 5) is 1.84. The molecule has 0 saturated carbocycles. The second kappa shape index (κ2) is 12.3. The van der Waals surface area contributed by atoms with E-state index < -0.39 is 35.6 Å². The van der Waals surface area contributed by atoms with Gasteiger partial charge in [0, 0.05) is 16.8 Å². The summed E-state index contributed by atoms with van der Waals surface area (Å²) in [6.07, 6.45) is 0. The lowest BCUT2D eigenvalue weighted by molar-refractivity contribution is 0.768. The molecule has 0 radical (unpaired) electrons. The molecule has 0 aromatic heterocycles. The summed E-state index contributed by atoms with van der Waals surface area (Å²) in [5.74, 6) is 0. The monoisotopic (exact) mass is 668 g/mol. The SMILES string of the molecule is [2H]c1c([2H])c([2H])c2c(N(c3cccc(-c4ccc5ccccc5c4)c3)c3ccc4c(c3)C(c3ccccc3)(c3ccccc3)c3ccccc3-4)c([2H])c([2H])c([2H])c2c1[2H]. The predicted octanol–water partition coefficient (Wildman–Crippen LogP) is 13.5. The fraction of sp³-hybridized carbons (Fsp3) is 0.0196. The Kier molecular flexibility index (Phi) is 5.58. The van der Waals surface area contributed by atoms with Gasteiger partial charge in [0.15, 0.2) is 0 Å². The van der Waals surface area contributed by atoms with E-state index in [-0.39, 0.29) is 28.5 Å². The van der Waals surface area contributed by atoms with E-state index >= 15 is 0 Å². The molecule has 0 spiro atoms. The number of hydrogen-bond acceptors (Lipinski definition) is 1. The van der Waals surface area contributed by atoms with Crippen molar-refractivity contribution in [2.75, 3.05) is 4.90 Å². The van der Waals surface area contributed by atoms with Gasteiger partial charge in [0.05, 0.1) is 20.7 Å². The van der Waals surface area contributed by atoms with Crippen molar-refractivity contribution in [3.05, 3.63) is 234 Å². The number of benzene rings is 9. The van der Waals surface area contributed by atoms with Crippen LogP contribution >= 0.6 is 0 Å². The van der Waals surface area contributed by atoms with Gasteiger partial charge in [-0.2, -0.15) is 0 Å². The zero-order valence-corrected chi connectivity index (χ0v) is 28.1. The fourth-order valence-electron chi connectivity index (χ4n) is 8.14. The van der Waals surface area contributed by atoms with E-state index in [2.05, 4.69) is 115 Å². The molecule has 1 heteroatoms. The third-order valence-electron chi connectivity index (χ3n) is 10.4. The largest absolute Gasteiger partial charge is 0.310 e. The quantitative estimate of drug-likeness (QED) is 0.170. The highest BCUT2D eigenvalue weighted by molar-refractivity contribution is 6.00. The first-order valence-corrected chi connectivity index (χ1v) is 17.4. The summed E-state index contributed by atoms with van der Waals surface area (Å²) in [6.45, 7) is 0. The molecule has 0 N–H and O–H groups in total. The summed E-state index contributed by atoms with van der Waals surface area (Å²) in [6, 6.07) is 55.0. The van der Waals surface area contributed by atoms with Crippen molar-refractivity contribution in [2.24, 2.45) is 0 Å². The minimum atomic E-state index is -0.746. The molecule has 0 unspecified atom stereocenters. The average Bonchev–Trinajstić information content (AvgIpc) is 3.58. The molecule has 244 valence electrons. The van der Waals surface area contributed by atoms with Crippen LogP contribution in [0.2, 0.25) is 0 Å². The molecule has 0 heterocycles. The number of nitrogens with zero attached hydrogens (tertiary/aromatic N) is 1. The van der Waals surface area contributed by atoms with Crippen molar-refractivity contribution in [2.45, 2.75) is 5.41 Å². The van der Waals surface area contributed by atoms with E-state index in [1.165, 1.54) is 0 Å². The van der Waals surface area contributed by atoms with Crippen LogP contribution in [0.5, 0.6) is 0 Å². The van der Waals surface area contributed by atoms with Gasteiger partial charge in [0.25, 0.3) is 0 Å².